The van der Waals surface area contributed by atoms with Crippen LogP contribution in [0.4, 0.5) is 11.4 Å². The predicted octanol–water partition coefficient (Wildman–Crippen LogP) is 3.31. The molecule has 2 aromatic rings. The van der Waals surface area contributed by atoms with Crippen LogP contribution >= 0.6 is 0 Å². The van der Waals surface area contributed by atoms with Gasteiger partial charge in [-0.3, -0.25) is 4.79 Å². The van der Waals surface area contributed by atoms with Crippen molar-refractivity contribution in [1.29, 1.82) is 0 Å². The van der Waals surface area contributed by atoms with Gasteiger partial charge in [-0.25, -0.2) is 0 Å². The molecular formula is C17H18N2O2. The van der Waals surface area contributed by atoms with E-state index in [0.29, 0.717) is 17.9 Å². The molecular weight excluding hydrogens is 264 g/mol. The number of nitrogens with one attached hydrogen (secondary N) is 2. The molecule has 0 spiro atoms. The van der Waals surface area contributed by atoms with Gasteiger partial charge in [0.1, 0.15) is 6.61 Å². The number of anilines is 2. The summed E-state index contributed by atoms with van der Waals surface area (Å²) in [6, 6.07) is 13.4. The summed E-state index contributed by atoms with van der Waals surface area (Å²) in [6.07, 6.45) is 0.876. The minimum Gasteiger partial charge on any atom is -0.489 e. The summed E-state index contributed by atoms with van der Waals surface area (Å²) in [4.78, 5) is 12.5. The summed E-state index contributed by atoms with van der Waals surface area (Å²) in [5.41, 5.74) is 3.41. The maximum Gasteiger partial charge on any atom is 0.259 e. The first-order chi connectivity index (χ1) is 10.3. The van der Waals surface area contributed by atoms with Crippen LogP contribution < -0.4 is 15.4 Å². The Morgan fingerprint density at radius 2 is 2.10 bits per heavy atom. The lowest BCUT2D eigenvalue weighted by atomic mass is 10.1. The highest BCUT2D eigenvalue weighted by atomic mass is 16.5. The van der Waals surface area contributed by atoms with Gasteiger partial charge >= 0.3 is 0 Å². The van der Waals surface area contributed by atoms with Gasteiger partial charge in [0.15, 0.2) is 5.75 Å². The number of ether oxygens (including phenoxy) is 1. The molecule has 1 aliphatic heterocycles. The first-order valence-electron chi connectivity index (χ1n) is 7.18. The Hall–Kier alpha value is -2.49. The number of amides is 1. The largest absolute Gasteiger partial charge is 0.489 e. The van der Waals surface area contributed by atoms with Crippen LogP contribution in [0.5, 0.6) is 5.75 Å². The molecule has 0 atom stereocenters. The SMILES string of the molecule is CCc1ccccc1NC(=O)c1cccc2c1OCCN2. The van der Waals surface area contributed by atoms with Crippen molar-refractivity contribution in [2.24, 2.45) is 0 Å². The molecule has 1 aliphatic rings. The van der Waals surface area contributed by atoms with Gasteiger partial charge in [0.05, 0.1) is 11.3 Å². The van der Waals surface area contributed by atoms with Crippen molar-refractivity contribution in [3.8, 4) is 5.75 Å². The lowest BCUT2D eigenvalue weighted by molar-refractivity contribution is 0.102. The number of carbonyl (C=O) groups is 1. The number of rotatable bonds is 3. The molecule has 0 aliphatic carbocycles. The molecule has 0 bridgehead atoms. The molecule has 1 heterocycles. The Morgan fingerprint density at radius 3 is 2.95 bits per heavy atom. The lowest BCUT2D eigenvalue weighted by Gasteiger charge is -2.21. The molecule has 0 saturated carbocycles. The monoisotopic (exact) mass is 282 g/mol. The minimum atomic E-state index is -0.142. The first-order valence-corrected chi connectivity index (χ1v) is 7.18. The number of benzene rings is 2. The van der Waals surface area contributed by atoms with E-state index in [1.54, 1.807) is 6.07 Å². The Bertz CT molecular complexity index is 668. The number of aryl methyl sites for hydroxylation is 1. The normalized spacial score (nSPS) is 12.8. The molecule has 0 saturated heterocycles. The van der Waals surface area contributed by atoms with Gasteiger partial charge in [-0.1, -0.05) is 31.2 Å². The zero-order valence-corrected chi connectivity index (χ0v) is 12.0. The zero-order valence-electron chi connectivity index (χ0n) is 12.0. The highest BCUT2D eigenvalue weighted by molar-refractivity contribution is 6.07. The van der Waals surface area contributed by atoms with Crippen molar-refractivity contribution >= 4 is 17.3 Å². The van der Waals surface area contributed by atoms with Crippen molar-refractivity contribution in [1.82, 2.24) is 0 Å². The summed E-state index contributed by atoms with van der Waals surface area (Å²) in [5, 5.41) is 6.22. The summed E-state index contributed by atoms with van der Waals surface area (Å²) in [5.74, 6) is 0.492. The van der Waals surface area contributed by atoms with Crippen molar-refractivity contribution in [3.63, 3.8) is 0 Å². The minimum absolute atomic E-state index is 0.142. The van der Waals surface area contributed by atoms with Gasteiger partial charge in [0.2, 0.25) is 0 Å². The van der Waals surface area contributed by atoms with Crippen LogP contribution in [0, 0.1) is 0 Å². The molecule has 0 fully saturated rings. The van der Waals surface area contributed by atoms with Crippen molar-refractivity contribution < 1.29 is 9.53 Å². The number of hydrogen-bond donors (Lipinski definition) is 2. The second kappa shape index (κ2) is 5.87. The number of hydrogen-bond acceptors (Lipinski definition) is 3. The fourth-order valence-corrected chi connectivity index (χ4v) is 2.49. The molecule has 0 aromatic heterocycles. The van der Waals surface area contributed by atoms with E-state index in [9.17, 15) is 4.79 Å². The Kier molecular flexibility index (Phi) is 3.77. The first kappa shape index (κ1) is 13.5. The highest BCUT2D eigenvalue weighted by Gasteiger charge is 2.19. The number of para-hydroxylation sites is 2. The summed E-state index contributed by atoms with van der Waals surface area (Å²) >= 11 is 0. The Morgan fingerprint density at radius 1 is 1.24 bits per heavy atom. The van der Waals surface area contributed by atoms with Crippen LogP contribution in [0.2, 0.25) is 0 Å². The molecule has 0 radical (unpaired) electrons. The predicted molar refractivity (Wildman–Crippen MR) is 84.2 cm³/mol. The van der Waals surface area contributed by atoms with Crippen molar-refractivity contribution in [2.75, 3.05) is 23.8 Å². The van der Waals surface area contributed by atoms with Crippen molar-refractivity contribution in [3.05, 3.63) is 53.6 Å². The van der Waals surface area contributed by atoms with Crippen LogP contribution in [-0.2, 0) is 6.42 Å². The third-order valence-corrected chi connectivity index (χ3v) is 3.57. The van der Waals surface area contributed by atoms with E-state index in [1.165, 1.54) is 0 Å². The van der Waals surface area contributed by atoms with Gasteiger partial charge in [0, 0.05) is 12.2 Å². The van der Waals surface area contributed by atoms with Crippen LogP contribution in [0.1, 0.15) is 22.8 Å². The molecule has 0 unspecified atom stereocenters. The molecule has 4 heteroatoms. The van der Waals surface area contributed by atoms with Gasteiger partial charge in [-0.05, 0) is 30.2 Å². The Balaban J connectivity index is 1.89. The van der Waals surface area contributed by atoms with Crippen molar-refractivity contribution in [2.45, 2.75) is 13.3 Å². The maximum absolute atomic E-state index is 12.5. The van der Waals surface area contributed by atoms with Crippen LogP contribution in [-0.4, -0.2) is 19.1 Å². The second-order valence-corrected chi connectivity index (χ2v) is 4.92. The molecule has 21 heavy (non-hydrogen) atoms. The summed E-state index contributed by atoms with van der Waals surface area (Å²) in [7, 11) is 0. The summed E-state index contributed by atoms with van der Waals surface area (Å²) < 4.78 is 5.65. The van der Waals surface area contributed by atoms with Gasteiger partial charge < -0.3 is 15.4 Å². The van der Waals surface area contributed by atoms with Crippen LogP contribution in [0.3, 0.4) is 0 Å². The van der Waals surface area contributed by atoms with E-state index in [2.05, 4.69) is 17.6 Å². The number of fused-ring (bicyclic) bond motifs is 1. The van der Waals surface area contributed by atoms with E-state index in [0.717, 1.165) is 29.9 Å². The second-order valence-electron chi connectivity index (χ2n) is 4.92. The third kappa shape index (κ3) is 2.70. The average molecular weight is 282 g/mol. The fourth-order valence-electron chi connectivity index (χ4n) is 2.49. The maximum atomic E-state index is 12.5. The standard InChI is InChI=1S/C17H18N2O2/c1-2-12-6-3-4-8-14(12)19-17(20)13-7-5-9-15-16(13)21-11-10-18-15/h3-9,18H,2,10-11H2,1H3,(H,19,20). The van der Waals surface area contributed by atoms with E-state index < -0.39 is 0 Å². The fraction of sp³-hybridized carbons (Fsp3) is 0.235. The van der Waals surface area contributed by atoms with Crippen LogP contribution in [0.15, 0.2) is 42.5 Å². The van der Waals surface area contributed by atoms with Crippen LogP contribution in [0.25, 0.3) is 0 Å². The third-order valence-electron chi connectivity index (χ3n) is 3.57. The molecule has 108 valence electrons. The van der Waals surface area contributed by atoms with Gasteiger partial charge in [-0.2, -0.15) is 0 Å². The van der Waals surface area contributed by atoms with E-state index in [-0.39, 0.29) is 5.91 Å². The highest BCUT2D eigenvalue weighted by Crippen LogP contribution is 2.31. The molecule has 2 N–H and O–H groups in total. The van der Waals surface area contributed by atoms with E-state index >= 15 is 0 Å². The zero-order chi connectivity index (χ0) is 14.7. The van der Waals surface area contributed by atoms with E-state index in [1.807, 2.05) is 36.4 Å². The molecule has 1 amide bonds. The molecule has 2 aromatic carbocycles. The Labute approximate surface area is 124 Å². The lowest BCUT2D eigenvalue weighted by Crippen LogP contribution is -2.22. The number of carbonyl (C=O) groups excluding carboxylic acids is 1. The van der Waals surface area contributed by atoms with Gasteiger partial charge in [0.25, 0.3) is 5.91 Å². The molecule has 3 rings (SSSR count). The molecule has 4 nitrogen and oxygen atoms in total. The topological polar surface area (TPSA) is 50.4 Å². The average Bonchev–Trinajstić information content (AvgIpc) is 2.54. The quantitative estimate of drug-likeness (QED) is 0.908. The smallest absolute Gasteiger partial charge is 0.259 e. The summed E-state index contributed by atoms with van der Waals surface area (Å²) in [6.45, 7) is 3.40. The van der Waals surface area contributed by atoms with E-state index in [4.69, 9.17) is 4.74 Å². The van der Waals surface area contributed by atoms with Gasteiger partial charge in [-0.15, -0.1) is 0 Å².